The van der Waals surface area contributed by atoms with Gasteiger partial charge in [0, 0.05) is 16.8 Å². The average molecular weight is 408 g/mol. The molecule has 3 heteroatoms. The van der Waals surface area contributed by atoms with Gasteiger partial charge < -0.3 is 10.4 Å². The molecule has 0 radical (unpaired) electrons. The average Bonchev–Trinajstić information content (AvgIpc) is 3.16. The SMILES string of the molecule is O=C(Nc1ccc2c(c1)Cc1ccccc1-2)c1cccc(C#CC2(O)CCCCC2)c1. The molecule has 0 atom stereocenters. The Morgan fingerprint density at radius 1 is 0.871 bits per heavy atom. The van der Waals surface area contributed by atoms with E-state index in [1.807, 2.05) is 18.2 Å². The number of benzene rings is 3. The molecule has 0 bridgehead atoms. The van der Waals surface area contributed by atoms with Crippen LogP contribution in [0.3, 0.4) is 0 Å². The number of fused-ring (bicyclic) bond motifs is 3. The van der Waals surface area contributed by atoms with Crippen molar-refractivity contribution >= 4 is 11.6 Å². The summed E-state index contributed by atoms with van der Waals surface area (Å²) in [6.07, 6.45) is 5.53. The van der Waals surface area contributed by atoms with Gasteiger partial charge >= 0.3 is 0 Å². The molecule has 2 aliphatic rings. The van der Waals surface area contributed by atoms with Gasteiger partial charge in [-0.3, -0.25) is 4.79 Å². The maximum absolute atomic E-state index is 12.8. The largest absolute Gasteiger partial charge is 0.378 e. The van der Waals surface area contributed by atoms with Crippen molar-refractivity contribution in [2.75, 3.05) is 5.32 Å². The van der Waals surface area contributed by atoms with Crippen molar-refractivity contribution in [2.24, 2.45) is 0 Å². The second-order valence-corrected chi connectivity index (χ2v) is 8.58. The summed E-state index contributed by atoms with van der Waals surface area (Å²) in [6.45, 7) is 0. The number of hydrogen-bond acceptors (Lipinski definition) is 2. The summed E-state index contributed by atoms with van der Waals surface area (Å²) in [6, 6.07) is 21.8. The number of carbonyl (C=O) groups excluding carboxylic acids is 1. The predicted octanol–water partition coefficient (Wildman–Crippen LogP) is 5.56. The molecule has 5 rings (SSSR count). The Morgan fingerprint density at radius 3 is 2.55 bits per heavy atom. The van der Waals surface area contributed by atoms with Crippen LogP contribution in [0.1, 0.15) is 59.2 Å². The molecule has 2 aliphatic carbocycles. The van der Waals surface area contributed by atoms with E-state index in [2.05, 4.69) is 53.6 Å². The second-order valence-electron chi connectivity index (χ2n) is 8.58. The molecule has 3 nitrogen and oxygen atoms in total. The lowest BCUT2D eigenvalue weighted by Gasteiger charge is -2.26. The monoisotopic (exact) mass is 407 g/mol. The molecule has 2 N–H and O–H groups in total. The first-order valence-corrected chi connectivity index (χ1v) is 11.0. The topological polar surface area (TPSA) is 49.3 Å². The van der Waals surface area contributed by atoms with Crippen molar-refractivity contribution in [1.82, 2.24) is 0 Å². The lowest BCUT2D eigenvalue weighted by Crippen LogP contribution is -2.29. The van der Waals surface area contributed by atoms with Crippen LogP contribution in [0.2, 0.25) is 0 Å². The smallest absolute Gasteiger partial charge is 0.255 e. The van der Waals surface area contributed by atoms with Crippen LogP contribution in [0.25, 0.3) is 11.1 Å². The number of aliphatic hydroxyl groups is 1. The summed E-state index contributed by atoms with van der Waals surface area (Å²) >= 11 is 0. The van der Waals surface area contributed by atoms with Gasteiger partial charge in [-0.15, -0.1) is 0 Å². The number of carbonyl (C=O) groups is 1. The molecule has 31 heavy (non-hydrogen) atoms. The van der Waals surface area contributed by atoms with Crippen molar-refractivity contribution in [3.8, 4) is 23.0 Å². The highest BCUT2D eigenvalue weighted by atomic mass is 16.3. The summed E-state index contributed by atoms with van der Waals surface area (Å²) in [4.78, 5) is 12.8. The molecule has 0 unspecified atom stereocenters. The standard InChI is InChI=1S/C28H25NO2/c30-27(22-9-6-7-20(17-22)13-16-28(31)14-4-1-5-15-28)29-24-11-12-26-23(19-24)18-21-8-2-3-10-25(21)26/h2-3,6-12,17,19,31H,1,4-5,14-15,18H2,(H,29,30). The first-order valence-electron chi connectivity index (χ1n) is 11.0. The molecule has 3 aromatic carbocycles. The maximum atomic E-state index is 12.8. The Morgan fingerprint density at radius 2 is 1.68 bits per heavy atom. The molecule has 154 valence electrons. The molecular weight excluding hydrogens is 382 g/mol. The molecule has 0 saturated heterocycles. The first kappa shape index (κ1) is 19.6. The van der Waals surface area contributed by atoms with E-state index >= 15 is 0 Å². The van der Waals surface area contributed by atoms with Crippen LogP contribution in [-0.2, 0) is 6.42 Å². The number of anilines is 1. The number of rotatable bonds is 2. The van der Waals surface area contributed by atoms with Crippen molar-refractivity contribution in [2.45, 2.75) is 44.1 Å². The summed E-state index contributed by atoms with van der Waals surface area (Å²) in [5.74, 6) is 5.96. The van der Waals surface area contributed by atoms with Crippen LogP contribution in [0.15, 0.2) is 66.7 Å². The number of amides is 1. The van der Waals surface area contributed by atoms with Crippen LogP contribution in [0.5, 0.6) is 0 Å². The van der Waals surface area contributed by atoms with Crippen LogP contribution >= 0.6 is 0 Å². The molecule has 1 amide bonds. The zero-order chi connectivity index (χ0) is 21.3. The van der Waals surface area contributed by atoms with Crippen molar-refractivity contribution < 1.29 is 9.90 Å². The van der Waals surface area contributed by atoms with Gasteiger partial charge in [0.15, 0.2) is 0 Å². The van der Waals surface area contributed by atoms with Gasteiger partial charge in [0.2, 0.25) is 0 Å². The Hall–Kier alpha value is -3.35. The van der Waals surface area contributed by atoms with Crippen molar-refractivity contribution in [3.63, 3.8) is 0 Å². The highest BCUT2D eigenvalue weighted by Crippen LogP contribution is 2.37. The molecule has 0 aliphatic heterocycles. The fourth-order valence-corrected chi connectivity index (χ4v) is 4.61. The highest BCUT2D eigenvalue weighted by molar-refractivity contribution is 6.04. The van der Waals surface area contributed by atoms with Crippen LogP contribution in [0.4, 0.5) is 5.69 Å². The van der Waals surface area contributed by atoms with Crippen LogP contribution < -0.4 is 5.32 Å². The highest BCUT2D eigenvalue weighted by Gasteiger charge is 2.26. The van der Waals surface area contributed by atoms with Gasteiger partial charge in [0.1, 0.15) is 5.60 Å². The molecule has 3 aromatic rings. The van der Waals surface area contributed by atoms with E-state index in [0.717, 1.165) is 49.8 Å². The van der Waals surface area contributed by atoms with E-state index in [0.29, 0.717) is 5.56 Å². The minimum Gasteiger partial charge on any atom is -0.378 e. The van der Waals surface area contributed by atoms with Crippen molar-refractivity contribution in [1.29, 1.82) is 0 Å². The van der Waals surface area contributed by atoms with E-state index in [9.17, 15) is 9.90 Å². The van der Waals surface area contributed by atoms with Crippen LogP contribution in [0, 0.1) is 11.8 Å². The quantitative estimate of drug-likeness (QED) is 0.428. The number of hydrogen-bond donors (Lipinski definition) is 2. The minimum atomic E-state index is -0.890. The van der Waals surface area contributed by atoms with E-state index in [1.54, 1.807) is 12.1 Å². The Bertz CT molecular complexity index is 1210. The third kappa shape index (κ3) is 4.13. The fourth-order valence-electron chi connectivity index (χ4n) is 4.61. The molecular formula is C28H25NO2. The van der Waals surface area contributed by atoms with E-state index in [4.69, 9.17) is 0 Å². The summed E-state index contributed by atoms with van der Waals surface area (Å²) in [5, 5.41) is 13.6. The van der Waals surface area contributed by atoms with Crippen LogP contribution in [-0.4, -0.2) is 16.6 Å². The van der Waals surface area contributed by atoms with Gasteiger partial charge in [-0.1, -0.05) is 54.7 Å². The van der Waals surface area contributed by atoms with Gasteiger partial charge in [0.25, 0.3) is 5.91 Å². The third-order valence-electron chi connectivity index (χ3n) is 6.30. The molecule has 1 fully saturated rings. The van der Waals surface area contributed by atoms with Gasteiger partial charge in [0.05, 0.1) is 0 Å². The molecule has 1 saturated carbocycles. The summed E-state index contributed by atoms with van der Waals surface area (Å²) in [7, 11) is 0. The lowest BCUT2D eigenvalue weighted by molar-refractivity contribution is 0.0610. The van der Waals surface area contributed by atoms with Gasteiger partial charge in [-0.2, -0.15) is 0 Å². The Balaban J connectivity index is 1.32. The Labute approximate surface area is 183 Å². The predicted molar refractivity (Wildman–Crippen MR) is 124 cm³/mol. The third-order valence-corrected chi connectivity index (χ3v) is 6.30. The second kappa shape index (κ2) is 8.06. The summed E-state index contributed by atoms with van der Waals surface area (Å²) < 4.78 is 0. The maximum Gasteiger partial charge on any atom is 0.255 e. The lowest BCUT2D eigenvalue weighted by atomic mass is 9.85. The summed E-state index contributed by atoms with van der Waals surface area (Å²) in [5.41, 5.74) is 6.30. The molecule has 0 heterocycles. The number of nitrogens with one attached hydrogen (secondary N) is 1. The zero-order valence-electron chi connectivity index (χ0n) is 17.4. The van der Waals surface area contributed by atoms with Gasteiger partial charge in [-0.05, 0) is 84.7 Å². The van der Waals surface area contributed by atoms with Crippen molar-refractivity contribution in [3.05, 3.63) is 89.0 Å². The van der Waals surface area contributed by atoms with E-state index in [-0.39, 0.29) is 5.91 Å². The first-order chi connectivity index (χ1) is 15.1. The van der Waals surface area contributed by atoms with Gasteiger partial charge in [-0.25, -0.2) is 0 Å². The molecule has 0 spiro atoms. The fraction of sp³-hybridized carbons (Fsp3) is 0.250. The minimum absolute atomic E-state index is 0.157. The normalized spacial score (nSPS) is 15.9. The van der Waals surface area contributed by atoms with E-state index in [1.165, 1.54) is 22.3 Å². The van der Waals surface area contributed by atoms with E-state index < -0.39 is 5.60 Å². The zero-order valence-corrected chi connectivity index (χ0v) is 17.4. The Kier molecular flexibility index (Phi) is 5.10. The molecule has 0 aromatic heterocycles.